The number of benzene rings is 2. The van der Waals surface area contributed by atoms with Crippen LogP contribution in [-0.4, -0.2) is 69.7 Å². The largest absolute Gasteiger partial charge is 0.493 e. The molecule has 0 aromatic heterocycles. The highest BCUT2D eigenvalue weighted by Gasteiger charge is 2.30. The molecule has 0 N–H and O–H groups in total. The second-order valence-corrected chi connectivity index (χ2v) is 9.64. The molecule has 7 heteroatoms. The van der Waals surface area contributed by atoms with Crippen LogP contribution in [0.1, 0.15) is 26.2 Å². The Morgan fingerprint density at radius 2 is 1.86 bits per heavy atom. The standard InChI is InChI=1S/C22H30N2O4S/c1-2-27-21-10-11-22(20-9-4-3-8-19(20)21)29(25,26)24-13-6-12-23(14-15-24)17-18-7-5-16-28-18/h3-4,8-11,18H,2,5-7,12-17H2,1H3. The molecule has 2 saturated heterocycles. The summed E-state index contributed by atoms with van der Waals surface area (Å²) in [4.78, 5) is 2.71. The average Bonchev–Trinajstić information content (AvgIpc) is 3.11. The van der Waals surface area contributed by atoms with Gasteiger partial charge in [0.15, 0.2) is 0 Å². The third-order valence-corrected chi connectivity index (χ3v) is 7.75. The molecule has 0 radical (unpaired) electrons. The van der Waals surface area contributed by atoms with Crippen LogP contribution in [0, 0.1) is 0 Å². The van der Waals surface area contributed by atoms with Gasteiger partial charge in [-0.25, -0.2) is 8.42 Å². The minimum Gasteiger partial charge on any atom is -0.493 e. The van der Waals surface area contributed by atoms with Crippen molar-refractivity contribution < 1.29 is 17.9 Å². The molecule has 158 valence electrons. The number of ether oxygens (including phenoxy) is 2. The highest BCUT2D eigenvalue weighted by molar-refractivity contribution is 7.89. The van der Waals surface area contributed by atoms with E-state index in [-0.39, 0.29) is 0 Å². The first kappa shape index (κ1) is 20.6. The lowest BCUT2D eigenvalue weighted by molar-refractivity contribution is 0.0749. The number of fused-ring (bicyclic) bond motifs is 1. The number of nitrogens with zero attached hydrogens (tertiary/aromatic N) is 2. The summed E-state index contributed by atoms with van der Waals surface area (Å²) in [6.45, 7) is 6.94. The topological polar surface area (TPSA) is 59.1 Å². The van der Waals surface area contributed by atoms with E-state index < -0.39 is 10.0 Å². The van der Waals surface area contributed by atoms with Gasteiger partial charge in [0, 0.05) is 43.6 Å². The molecule has 29 heavy (non-hydrogen) atoms. The van der Waals surface area contributed by atoms with Crippen LogP contribution in [-0.2, 0) is 14.8 Å². The predicted molar refractivity (Wildman–Crippen MR) is 114 cm³/mol. The van der Waals surface area contributed by atoms with Crippen molar-refractivity contribution in [1.82, 2.24) is 9.21 Å². The van der Waals surface area contributed by atoms with Gasteiger partial charge in [-0.1, -0.05) is 24.3 Å². The molecular weight excluding hydrogens is 388 g/mol. The van der Waals surface area contributed by atoms with Gasteiger partial charge in [-0.05, 0) is 44.9 Å². The van der Waals surface area contributed by atoms with E-state index in [1.807, 2.05) is 31.2 Å². The molecule has 2 aromatic rings. The van der Waals surface area contributed by atoms with Crippen molar-refractivity contribution in [3.63, 3.8) is 0 Å². The molecule has 0 amide bonds. The molecule has 0 bridgehead atoms. The minimum atomic E-state index is -3.57. The number of sulfonamides is 1. The monoisotopic (exact) mass is 418 g/mol. The number of hydrogen-bond donors (Lipinski definition) is 0. The summed E-state index contributed by atoms with van der Waals surface area (Å²) in [6.07, 6.45) is 3.37. The lowest BCUT2D eigenvalue weighted by atomic mass is 10.1. The summed E-state index contributed by atoms with van der Waals surface area (Å²) in [5.74, 6) is 0.723. The molecule has 1 atom stereocenters. The van der Waals surface area contributed by atoms with Crippen molar-refractivity contribution >= 4 is 20.8 Å². The van der Waals surface area contributed by atoms with Crippen LogP contribution in [0.5, 0.6) is 5.75 Å². The van der Waals surface area contributed by atoms with Gasteiger partial charge in [-0.15, -0.1) is 0 Å². The van der Waals surface area contributed by atoms with Gasteiger partial charge in [0.25, 0.3) is 0 Å². The zero-order valence-corrected chi connectivity index (χ0v) is 17.9. The lowest BCUT2D eigenvalue weighted by Crippen LogP contribution is -2.37. The first-order valence-electron chi connectivity index (χ1n) is 10.6. The third-order valence-electron chi connectivity index (χ3n) is 5.80. The van der Waals surface area contributed by atoms with Crippen LogP contribution in [0.15, 0.2) is 41.3 Å². The Bertz CT molecular complexity index is 941. The van der Waals surface area contributed by atoms with E-state index >= 15 is 0 Å². The van der Waals surface area contributed by atoms with Crippen LogP contribution in [0.4, 0.5) is 0 Å². The van der Waals surface area contributed by atoms with E-state index in [1.54, 1.807) is 16.4 Å². The molecule has 0 aliphatic carbocycles. The molecule has 2 fully saturated rings. The molecule has 2 heterocycles. The predicted octanol–water partition coefficient (Wildman–Crippen LogP) is 3.11. The molecule has 1 unspecified atom stereocenters. The van der Waals surface area contributed by atoms with Crippen LogP contribution < -0.4 is 4.74 Å². The highest BCUT2D eigenvalue weighted by Crippen LogP contribution is 2.33. The maximum Gasteiger partial charge on any atom is 0.243 e. The van der Waals surface area contributed by atoms with E-state index in [4.69, 9.17) is 9.47 Å². The van der Waals surface area contributed by atoms with Crippen molar-refractivity contribution in [2.75, 3.05) is 45.9 Å². The zero-order chi connectivity index (χ0) is 20.3. The molecule has 0 saturated carbocycles. The fourth-order valence-corrected chi connectivity index (χ4v) is 6.00. The quantitative estimate of drug-likeness (QED) is 0.721. The molecule has 0 spiro atoms. The number of rotatable bonds is 6. The first-order valence-corrected chi connectivity index (χ1v) is 12.0. The van der Waals surface area contributed by atoms with Crippen molar-refractivity contribution in [2.24, 2.45) is 0 Å². The van der Waals surface area contributed by atoms with Crippen molar-refractivity contribution in [1.29, 1.82) is 0 Å². The van der Waals surface area contributed by atoms with Crippen LogP contribution >= 0.6 is 0 Å². The Kier molecular flexibility index (Phi) is 6.39. The summed E-state index contributed by atoms with van der Waals surface area (Å²) < 4.78 is 40.1. The molecule has 2 aromatic carbocycles. The summed E-state index contributed by atoms with van der Waals surface area (Å²) >= 11 is 0. The molecule has 2 aliphatic rings. The fourth-order valence-electron chi connectivity index (χ4n) is 4.34. The SMILES string of the molecule is CCOc1ccc(S(=O)(=O)N2CCCN(CC3CCCO3)CC2)c2ccccc12. The zero-order valence-electron chi connectivity index (χ0n) is 17.0. The van der Waals surface area contributed by atoms with Gasteiger partial charge in [-0.2, -0.15) is 4.31 Å². The van der Waals surface area contributed by atoms with Gasteiger partial charge in [0.05, 0.1) is 17.6 Å². The fraction of sp³-hybridized carbons (Fsp3) is 0.545. The summed E-state index contributed by atoms with van der Waals surface area (Å²) in [5.41, 5.74) is 0. The molecular formula is C22H30N2O4S. The Morgan fingerprint density at radius 1 is 1.03 bits per heavy atom. The highest BCUT2D eigenvalue weighted by atomic mass is 32.2. The number of hydrogen-bond acceptors (Lipinski definition) is 5. The molecule has 2 aliphatic heterocycles. The van der Waals surface area contributed by atoms with Crippen LogP contribution in [0.3, 0.4) is 0 Å². The van der Waals surface area contributed by atoms with Crippen molar-refractivity contribution in [3.8, 4) is 5.75 Å². The molecule has 6 nitrogen and oxygen atoms in total. The van der Waals surface area contributed by atoms with E-state index in [2.05, 4.69) is 4.90 Å². The lowest BCUT2D eigenvalue weighted by Gasteiger charge is -2.24. The maximum absolute atomic E-state index is 13.5. The van der Waals surface area contributed by atoms with E-state index in [9.17, 15) is 8.42 Å². The Labute approximate surface area is 173 Å². The first-order chi connectivity index (χ1) is 14.1. The van der Waals surface area contributed by atoms with Gasteiger partial charge in [0.1, 0.15) is 5.75 Å². The maximum atomic E-state index is 13.5. The molecule has 4 rings (SSSR count). The Balaban J connectivity index is 1.56. The van der Waals surface area contributed by atoms with Crippen molar-refractivity contribution in [2.45, 2.75) is 37.2 Å². The van der Waals surface area contributed by atoms with Crippen LogP contribution in [0.25, 0.3) is 10.8 Å². The van der Waals surface area contributed by atoms with Gasteiger partial charge < -0.3 is 9.47 Å². The normalized spacial score (nSPS) is 22.0. The van der Waals surface area contributed by atoms with E-state index in [1.165, 1.54) is 0 Å². The second-order valence-electron chi connectivity index (χ2n) is 7.73. The van der Waals surface area contributed by atoms with Gasteiger partial charge in [0.2, 0.25) is 10.0 Å². The summed E-state index contributed by atoms with van der Waals surface area (Å²) in [5, 5.41) is 1.56. The second kappa shape index (κ2) is 9.00. The van der Waals surface area contributed by atoms with Gasteiger partial charge >= 0.3 is 0 Å². The van der Waals surface area contributed by atoms with Crippen molar-refractivity contribution in [3.05, 3.63) is 36.4 Å². The Hall–Kier alpha value is -1.67. The average molecular weight is 419 g/mol. The third kappa shape index (κ3) is 4.43. The summed E-state index contributed by atoms with van der Waals surface area (Å²) in [7, 11) is -3.57. The van der Waals surface area contributed by atoms with Crippen LogP contribution in [0.2, 0.25) is 0 Å². The minimum absolute atomic E-state index is 0.299. The van der Waals surface area contributed by atoms with E-state index in [0.717, 1.165) is 62.0 Å². The Morgan fingerprint density at radius 3 is 2.62 bits per heavy atom. The summed E-state index contributed by atoms with van der Waals surface area (Å²) in [6, 6.07) is 11.0. The smallest absolute Gasteiger partial charge is 0.243 e. The van der Waals surface area contributed by atoms with Gasteiger partial charge in [-0.3, -0.25) is 4.90 Å². The van der Waals surface area contributed by atoms with E-state index in [0.29, 0.717) is 30.7 Å².